The third-order valence-electron chi connectivity index (χ3n) is 7.29. The first kappa shape index (κ1) is 24.1. The van der Waals surface area contributed by atoms with E-state index in [9.17, 15) is 9.59 Å². The lowest BCUT2D eigenvalue weighted by Crippen LogP contribution is -2.71. The molecule has 192 valence electrons. The summed E-state index contributed by atoms with van der Waals surface area (Å²) in [6.45, 7) is 8.06. The van der Waals surface area contributed by atoms with Crippen LogP contribution in [0.3, 0.4) is 0 Å². The molecule has 2 aromatic rings. The third-order valence-corrected chi connectivity index (χ3v) is 7.29. The Morgan fingerprint density at radius 2 is 1.78 bits per heavy atom. The average molecular weight is 494 g/mol. The number of benzene rings is 1. The molecule has 0 saturated carbocycles. The number of amides is 3. The summed E-state index contributed by atoms with van der Waals surface area (Å²) in [4.78, 5) is 37.5. The van der Waals surface area contributed by atoms with Crippen LogP contribution in [0, 0.1) is 5.41 Å². The summed E-state index contributed by atoms with van der Waals surface area (Å²) >= 11 is 0. The standard InChI is InChI=1S/C21H27N7O.C4H8N2O/c22-19(29)18-20(26-17(10-24-18)27-8-2-1-3-9-27)25-15-4-6-16(7-5-15)28-13-21(14-28)11-23-12-21;1-6-3-2-5-4(6)7/h4-7,10,23H,1-3,8-9,11-14H2,(H2,22,29)(H,25,26);2-3H2,1H3,(H,5,7). The quantitative estimate of drug-likeness (QED) is 0.491. The van der Waals surface area contributed by atoms with Crippen LogP contribution in [0.5, 0.6) is 0 Å². The van der Waals surface area contributed by atoms with Crippen molar-refractivity contribution in [3.8, 4) is 0 Å². The molecule has 0 bridgehead atoms. The maximum Gasteiger partial charge on any atom is 0.317 e. The topological polar surface area (TPSA) is 132 Å². The van der Waals surface area contributed by atoms with Gasteiger partial charge in [0.2, 0.25) is 0 Å². The largest absolute Gasteiger partial charge is 0.370 e. The first-order chi connectivity index (χ1) is 17.4. The first-order valence-electron chi connectivity index (χ1n) is 12.7. The van der Waals surface area contributed by atoms with Gasteiger partial charge in [0.15, 0.2) is 11.5 Å². The van der Waals surface area contributed by atoms with Crippen molar-refractivity contribution in [1.29, 1.82) is 0 Å². The van der Waals surface area contributed by atoms with Crippen molar-refractivity contribution in [3.05, 3.63) is 36.2 Å². The van der Waals surface area contributed by atoms with Gasteiger partial charge in [-0.05, 0) is 43.5 Å². The van der Waals surface area contributed by atoms with E-state index >= 15 is 0 Å². The molecule has 6 rings (SSSR count). The van der Waals surface area contributed by atoms with E-state index in [-0.39, 0.29) is 11.7 Å². The molecule has 4 aliphatic rings. The molecule has 0 radical (unpaired) electrons. The normalized spacial score (nSPS) is 20.1. The molecule has 11 heteroatoms. The van der Waals surface area contributed by atoms with Crippen molar-refractivity contribution in [1.82, 2.24) is 25.5 Å². The fourth-order valence-electron chi connectivity index (χ4n) is 5.03. The summed E-state index contributed by atoms with van der Waals surface area (Å²) in [6, 6.07) is 8.28. The Morgan fingerprint density at radius 3 is 2.31 bits per heavy atom. The Kier molecular flexibility index (Phi) is 6.82. The molecule has 1 aromatic carbocycles. The summed E-state index contributed by atoms with van der Waals surface area (Å²) in [5, 5.41) is 9.26. The molecule has 4 saturated heterocycles. The smallest absolute Gasteiger partial charge is 0.317 e. The lowest BCUT2D eigenvalue weighted by atomic mass is 9.74. The van der Waals surface area contributed by atoms with Gasteiger partial charge in [0.25, 0.3) is 5.91 Å². The summed E-state index contributed by atoms with van der Waals surface area (Å²) in [5.74, 6) is 0.618. The Hall–Kier alpha value is -3.60. The highest BCUT2D eigenvalue weighted by atomic mass is 16.2. The summed E-state index contributed by atoms with van der Waals surface area (Å²) in [7, 11) is 1.78. The SMILES string of the molecule is CN1CCNC1=O.NC(=O)c1ncc(N2CCCCC2)nc1Nc1ccc(N2CC3(CNC3)C2)cc1. The number of anilines is 4. The van der Waals surface area contributed by atoms with Gasteiger partial charge in [0.05, 0.1) is 6.20 Å². The van der Waals surface area contributed by atoms with Crippen LogP contribution in [0.1, 0.15) is 29.8 Å². The Balaban J connectivity index is 0.000000330. The molecule has 0 atom stereocenters. The van der Waals surface area contributed by atoms with Crippen LogP contribution in [-0.4, -0.2) is 86.2 Å². The van der Waals surface area contributed by atoms with E-state index in [4.69, 9.17) is 5.73 Å². The molecule has 11 nitrogen and oxygen atoms in total. The number of likely N-dealkylation sites (N-methyl/N-ethyl adjacent to an activating group) is 1. The van der Waals surface area contributed by atoms with Crippen LogP contribution in [-0.2, 0) is 0 Å². The van der Waals surface area contributed by atoms with Crippen molar-refractivity contribution < 1.29 is 9.59 Å². The lowest BCUT2D eigenvalue weighted by Gasteiger charge is -2.57. The van der Waals surface area contributed by atoms with E-state index in [1.54, 1.807) is 18.1 Å². The van der Waals surface area contributed by atoms with Gasteiger partial charge in [-0.15, -0.1) is 0 Å². The van der Waals surface area contributed by atoms with E-state index in [0.29, 0.717) is 11.2 Å². The van der Waals surface area contributed by atoms with E-state index in [1.165, 1.54) is 12.1 Å². The van der Waals surface area contributed by atoms with Gasteiger partial charge >= 0.3 is 6.03 Å². The van der Waals surface area contributed by atoms with Crippen LogP contribution in [0.25, 0.3) is 0 Å². The second-order valence-corrected chi connectivity index (χ2v) is 10.1. The van der Waals surface area contributed by atoms with Crippen LogP contribution < -0.4 is 31.5 Å². The zero-order valence-electron chi connectivity index (χ0n) is 20.8. The number of hydrogen-bond donors (Lipinski definition) is 4. The van der Waals surface area contributed by atoms with Crippen LogP contribution in [0.2, 0.25) is 0 Å². The van der Waals surface area contributed by atoms with Gasteiger partial charge in [-0.1, -0.05) is 0 Å². The Bertz CT molecular complexity index is 1090. The highest BCUT2D eigenvalue weighted by Crippen LogP contribution is 2.37. The number of carbonyl (C=O) groups is 2. The lowest BCUT2D eigenvalue weighted by molar-refractivity contribution is 0.0996. The van der Waals surface area contributed by atoms with Gasteiger partial charge in [-0.3, -0.25) is 4.79 Å². The summed E-state index contributed by atoms with van der Waals surface area (Å²) in [6.07, 6.45) is 5.19. The molecule has 5 N–H and O–H groups in total. The van der Waals surface area contributed by atoms with Crippen LogP contribution >= 0.6 is 0 Å². The van der Waals surface area contributed by atoms with Gasteiger partial charge in [0.1, 0.15) is 5.82 Å². The van der Waals surface area contributed by atoms with Crippen LogP contribution in [0.15, 0.2) is 30.5 Å². The van der Waals surface area contributed by atoms with Gasteiger partial charge in [-0.25, -0.2) is 14.8 Å². The number of primary amides is 1. The monoisotopic (exact) mass is 493 g/mol. The summed E-state index contributed by atoms with van der Waals surface area (Å²) in [5.41, 5.74) is 8.27. The molecule has 4 aliphatic heterocycles. The predicted octanol–water partition coefficient (Wildman–Crippen LogP) is 1.36. The van der Waals surface area contributed by atoms with Crippen molar-refractivity contribution in [2.45, 2.75) is 19.3 Å². The number of urea groups is 1. The molecule has 1 spiro atoms. The molecule has 1 aromatic heterocycles. The van der Waals surface area contributed by atoms with Crippen molar-refractivity contribution in [3.63, 3.8) is 0 Å². The van der Waals surface area contributed by atoms with Crippen molar-refractivity contribution in [2.24, 2.45) is 11.1 Å². The number of rotatable bonds is 5. The minimum Gasteiger partial charge on any atom is -0.370 e. The van der Waals surface area contributed by atoms with E-state index in [2.05, 4.69) is 47.9 Å². The fourth-order valence-corrected chi connectivity index (χ4v) is 5.03. The van der Waals surface area contributed by atoms with Gasteiger partial charge in [-0.2, -0.15) is 0 Å². The molecule has 36 heavy (non-hydrogen) atoms. The number of piperidine rings is 1. The van der Waals surface area contributed by atoms with Gasteiger partial charge < -0.3 is 36.4 Å². The predicted molar refractivity (Wildman–Crippen MR) is 140 cm³/mol. The number of hydrogen-bond acceptors (Lipinski definition) is 8. The number of nitrogens with one attached hydrogen (secondary N) is 3. The molecule has 5 heterocycles. The zero-order valence-corrected chi connectivity index (χ0v) is 20.8. The highest BCUT2D eigenvalue weighted by molar-refractivity contribution is 5.96. The molecule has 0 aliphatic carbocycles. The number of nitrogens with zero attached hydrogens (tertiary/aromatic N) is 5. The number of nitrogens with two attached hydrogens (primary N) is 1. The van der Waals surface area contributed by atoms with E-state index in [1.807, 2.05) is 12.1 Å². The Labute approximate surface area is 211 Å². The Morgan fingerprint density at radius 1 is 1.06 bits per heavy atom. The number of aromatic nitrogens is 2. The molecule has 0 unspecified atom stereocenters. The minimum absolute atomic E-state index is 0.0417. The van der Waals surface area contributed by atoms with Crippen LogP contribution in [0.4, 0.5) is 27.8 Å². The third kappa shape index (κ3) is 5.15. The maximum atomic E-state index is 11.8. The molecule has 3 amide bonds. The van der Waals surface area contributed by atoms with E-state index < -0.39 is 5.91 Å². The summed E-state index contributed by atoms with van der Waals surface area (Å²) < 4.78 is 0. The molecule has 4 fully saturated rings. The van der Waals surface area contributed by atoms with E-state index in [0.717, 1.165) is 76.7 Å². The van der Waals surface area contributed by atoms with Gasteiger partial charge in [0, 0.05) is 76.2 Å². The maximum absolute atomic E-state index is 11.8. The fraction of sp³-hybridized carbons (Fsp3) is 0.520. The second-order valence-electron chi connectivity index (χ2n) is 10.1. The van der Waals surface area contributed by atoms with Crippen molar-refractivity contribution >= 4 is 34.9 Å². The number of carbonyl (C=O) groups excluding carboxylic acids is 2. The second kappa shape index (κ2) is 10.2. The average Bonchev–Trinajstić information content (AvgIpc) is 3.21. The highest BCUT2D eigenvalue weighted by Gasteiger charge is 2.47. The minimum atomic E-state index is -0.582. The van der Waals surface area contributed by atoms with Crippen molar-refractivity contribution in [2.75, 3.05) is 74.5 Å². The first-order valence-corrected chi connectivity index (χ1v) is 12.7. The molecular formula is C25H35N9O2. The zero-order chi connectivity index (χ0) is 25.1. The molecular weight excluding hydrogens is 458 g/mol.